The zero-order chi connectivity index (χ0) is 16.8. The number of hydrogen-bond acceptors (Lipinski definition) is 2. The van der Waals surface area contributed by atoms with Crippen molar-refractivity contribution >= 4 is 5.91 Å². The lowest BCUT2D eigenvalue weighted by atomic mass is 9.82. The molecule has 1 saturated heterocycles. The van der Waals surface area contributed by atoms with E-state index in [-0.39, 0.29) is 0 Å². The number of carbonyl (C=O) groups excluding carboxylic acids is 1. The van der Waals surface area contributed by atoms with E-state index in [2.05, 4.69) is 16.7 Å². The lowest BCUT2D eigenvalue weighted by Gasteiger charge is -2.40. The summed E-state index contributed by atoms with van der Waals surface area (Å²) >= 11 is 0. The second-order valence-electron chi connectivity index (χ2n) is 8.51. The summed E-state index contributed by atoms with van der Waals surface area (Å²) in [7, 11) is 0. The van der Waals surface area contributed by atoms with Crippen LogP contribution in [0.5, 0.6) is 0 Å². The highest BCUT2D eigenvalue weighted by molar-refractivity contribution is 5.79. The van der Waals surface area contributed by atoms with E-state index in [1.807, 2.05) is 0 Å². The first-order chi connectivity index (χ1) is 11.8. The SMILES string of the molecule is CCCN(CCC1CCC1)C1CCN(C(=O)C2CCCCC2)CC1. The van der Waals surface area contributed by atoms with Crippen molar-refractivity contribution in [3.63, 3.8) is 0 Å². The summed E-state index contributed by atoms with van der Waals surface area (Å²) in [6, 6.07) is 0.723. The number of rotatable bonds is 7. The van der Waals surface area contributed by atoms with Crippen molar-refractivity contribution < 1.29 is 4.79 Å². The Balaban J connectivity index is 1.43. The summed E-state index contributed by atoms with van der Waals surface area (Å²) in [5, 5.41) is 0. The van der Waals surface area contributed by atoms with Gasteiger partial charge in [0.2, 0.25) is 5.91 Å². The zero-order valence-electron chi connectivity index (χ0n) is 15.8. The molecule has 0 radical (unpaired) electrons. The van der Waals surface area contributed by atoms with Crippen LogP contribution < -0.4 is 0 Å². The van der Waals surface area contributed by atoms with Crippen molar-refractivity contribution in [3.05, 3.63) is 0 Å². The molecule has 24 heavy (non-hydrogen) atoms. The van der Waals surface area contributed by atoms with Gasteiger partial charge in [-0.05, 0) is 57.5 Å². The average Bonchev–Trinajstić information content (AvgIpc) is 2.60. The normalized spacial score (nSPS) is 24.3. The molecule has 2 saturated carbocycles. The van der Waals surface area contributed by atoms with Gasteiger partial charge < -0.3 is 9.80 Å². The predicted molar refractivity (Wildman–Crippen MR) is 100.0 cm³/mol. The number of carbonyl (C=O) groups is 1. The molecule has 0 aromatic heterocycles. The second-order valence-corrected chi connectivity index (χ2v) is 8.51. The maximum atomic E-state index is 12.7. The molecule has 3 heteroatoms. The molecule has 0 bridgehead atoms. The summed E-state index contributed by atoms with van der Waals surface area (Å²) < 4.78 is 0. The molecule has 0 atom stereocenters. The van der Waals surface area contributed by atoms with Crippen LogP contribution in [0.3, 0.4) is 0 Å². The Bertz CT molecular complexity index is 379. The molecule has 3 fully saturated rings. The van der Waals surface area contributed by atoms with Gasteiger partial charge in [0.05, 0.1) is 0 Å². The Kier molecular flexibility index (Phi) is 7.00. The fourth-order valence-electron chi connectivity index (χ4n) is 4.95. The number of likely N-dealkylation sites (tertiary alicyclic amines) is 1. The van der Waals surface area contributed by atoms with E-state index in [1.54, 1.807) is 0 Å². The van der Waals surface area contributed by atoms with Crippen LogP contribution in [0.4, 0.5) is 0 Å². The van der Waals surface area contributed by atoms with Crippen molar-refractivity contribution in [1.29, 1.82) is 0 Å². The topological polar surface area (TPSA) is 23.6 Å². The molecule has 0 spiro atoms. The Morgan fingerprint density at radius 2 is 1.62 bits per heavy atom. The van der Waals surface area contributed by atoms with Gasteiger partial charge in [-0.2, -0.15) is 0 Å². The average molecular weight is 335 g/mol. The van der Waals surface area contributed by atoms with Crippen LogP contribution in [-0.4, -0.2) is 47.9 Å². The second kappa shape index (κ2) is 9.22. The Morgan fingerprint density at radius 3 is 2.21 bits per heavy atom. The predicted octanol–water partition coefficient (Wildman–Crippen LogP) is 4.46. The van der Waals surface area contributed by atoms with Crippen LogP contribution in [0.15, 0.2) is 0 Å². The highest BCUT2D eigenvalue weighted by atomic mass is 16.2. The summed E-state index contributed by atoms with van der Waals surface area (Å²) in [5.41, 5.74) is 0. The van der Waals surface area contributed by atoms with E-state index in [0.29, 0.717) is 11.8 Å². The van der Waals surface area contributed by atoms with E-state index in [1.165, 1.54) is 77.3 Å². The van der Waals surface area contributed by atoms with Crippen LogP contribution in [0.25, 0.3) is 0 Å². The molecule has 0 unspecified atom stereocenters. The molecule has 0 aromatic carbocycles. The molecular formula is C21H38N2O. The largest absolute Gasteiger partial charge is 0.342 e. The van der Waals surface area contributed by atoms with Crippen LogP contribution >= 0.6 is 0 Å². The van der Waals surface area contributed by atoms with Crippen LogP contribution in [0.2, 0.25) is 0 Å². The Morgan fingerprint density at radius 1 is 0.917 bits per heavy atom. The summed E-state index contributed by atoms with van der Waals surface area (Å²) in [4.78, 5) is 17.7. The van der Waals surface area contributed by atoms with Crippen molar-refractivity contribution in [3.8, 4) is 0 Å². The highest BCUT2D eigenvalue weighted by Gasteiger charge is 2.31. The fourth-order valence-corrected chi connectivity index (χ4v) is 4.95. The number of nitrogens with zero attached hydrogens (tertiary/aromatic N) is 2. The van der Waals surface area contributed by atoms with Crippen LogP contribution in [0.1, 0.15) is 84.0 Å². The molecule has 1 amide bonds. The molecule has 0 N–H and O–H groups in total. The third kappa shape index (κ3) is 4.74. The molecule has 3 rings (SSSR count). The van der Waals surface area contributed by atoms with Gasteiger partial charge >= 0.3 is 0 Å². The first-order valence-corrected chi connectivity index (χ1v) is 10.8. The number of hydrogen-bond donors (Lipinski definition) is 0. The molecule has 1 heterocycles. The first-order valence-electron chi connectivity index (χ1n) is 10.8. The van der Waals surface area contributed by atoms with Gasteiger partial charge in [0.1, 0.15) is 0 Å². The maximum absolute atomic E-state index is 12.7. The van der Waals surface area contributed by atoms with Gasteiger partial charge in [-0.25, -0.2) is 0 Å². The van der Waals surface area contributed by atoms with E-state index in [9.17, 15) is 4.79 Å². The smallest absolute Gasteiger partial charge is 0.225 e. The molecule has 3 aliphatic rings. The number of amides is 1. The van der Waals surface area contributed by atoms with Crippen molar-refractivity contribution in [2.45, 2.75) is 90.0 Å². The summed E-state index contributed by atoms with van der Waals surface area (Å²) in [6.07, 6.45) is 15.6. The van der Waals surface area contributed by atoms with Crippen molar-refractivity contribution in [2.75, 3.05) is 26.2 Å². The first kappa shape index (κ1) is 18.2. The monoisotopic (exact) mass is 334 g/mol. The third-order valence-electron chi connectivity index (χ3n) is 6.81. The molecule has 3 nitrogen and oxygen atoms in total. The fraction of sp³-hybridized carbons (Fsp3) is 0.952. The number of piperidine rings is 1. The lowest BCUT2D eigenvalue weighted by molar-refractivity contribution is -0.138. The van der Waals surface area contributed by atoms with E-state index in [4.69, 9.17) is 0 Å². The molecule has 138 valence electrons. The quantitative estimate of drug-likeness (QED) is 0.686. The third-order valence-corrected chi connectivity index (χ3v) is 6.81. The van der Waals surface area contributed by atoms with Gasteiger partial charge in [0.15, 0.2) is 0 Å². The molecule has 0 aromatic rings. The van der Waals surface area contributed by atoms with E-state index >= 15 is 0 Å². The van der Waals surface area contributed by atoms with Gasteiger partial charge in [0, 0.05) is 25.0 Å². The van der Waals surface area contributed by atoms with Crippen LogP contribution in [0, 0.1) is 11.8 Å². The molecule has 2 aliphatic carbocycles. The minimum absolute atomic E-state index is 0.348. The van der Waals surface area contributed by atoms with E-state index < -0.39 is 0 Å². The Labute approximate surface area is 149 Å². The van der Waals surface area contributed by atoms with Crippen LogP contribution in [-0.2, 0) is 4.79 Å². The highest BCUT2D eigenvalue weighted by Crippen LogP contribution is 2.31. The van der Waals surface area contributed by atoms with Crippen molar-refractivity contribution in [1.82, 2.24) is 9.80 Å². The van der Waals surface area contributed by atoms with Crippen molar-refractivity contribution in [2.24, 2.45) is 11.8 Å². The maximum Gasteiger partial charge on any atom is 0.225 e. The molecular weight excluding hydrogens is 296 g/mol. The summed E-state index contributed by atoms with van der Waals surface area (Å²) in [6.45, 7) is 6.85. The minimum atomic E-state index is 0.348. The van der Waals surface area contributed by atoms with Gasteiger partial charge in [-0.1, -0.05) is 45.4 Å². The Hall–Kier alpha value is -0.570. The zero-order valence-corrected chi connectivity index (χ0v) is 15.8. The minimum Gasteiger partial charge on any atom is -0.342 e. The van der Waals surface area contributed by atoms with Gasteiger partial charge in [-0.3, -0.25) is 4.79 Å². The molecule has 1 aliphatic heterocycles. The summed E-state index contributed by atoms with van der Waals surface area (Å²) in [5.74, 6) is 1.84. The van der Waals surface area contributed by atoms with Gasteiger partial charge in [-0.15, -0.1) is 0 Å². The van der Waals surface area contributed by atoms with E-state index in [0.717, 1.165) is 37.9 Å². The standard InChI is InChI=1S/C21H38N2O/c1-2-14-22(15-11-18-7-6-8-18)20-12-16-23(17-13-20)21(24)19-9-4-3-5-10-19/h18-20H,2-17H2,1H3. The van der Waals surface area contributed by atoms with Gasteiger partial charge in [0.25, 0.3) is 0 Å². The lowest BCUT2D eigenvalue weighted by Crippen LogP contribution is -2.49.